The normalized spacial score (nSPS) is 12.7. The molecule has 1 N–H and O–H groups in total. The van der Waals surface area contributed by atoms with Crippen LogP contribution in [0.3, 0.4) is 0 Å². The van der Waals surface area contributed by atoms with Gasteiger partial charge in [-0.2, -0.15) is 13.2 Å². The molecular weight excluding hydrogens is 315 g/mol. The second-order valence-corrected chi connectivity index (χ2v) is 5.87. The van der Waals surface area contributed by atoms with Crippen LogP contribution < -0.4 is 5.32 Å². The molecule has 1 amide bonds. The average Bonchev–Trinajstić information content (AvgIpc) is 2.53. The molecule has 0 aromatic heterocycles. The van der Waals surface area contributed by atoms with Crippen molar-refractivity contribution in [1.29, 1.82) is 0 Å². The van der Waals surface area contributed by atoms with Gasteiger partial charge in [0, 0.05) is 6.04 Å². The van der Waals surface area contributed by atoms with Crippen LogP contribution in [0.1, 0.15) is 30.0 Å². The Hall–Kier alpha value is -2.30. The molecule has 0 bridgehead atoms. The molecule has 128 valence electrons. The maximum Gasteiger partial charge on any atom is 0.416 e. The van der Waals surface area contributed by atoms with Crippen molar-refractivity contribution in [3.8, 4) is 0 Å². The summed E-state index contributed by atoms with van der Waals surface area (Å²) in [4.78, 5) is 12.0. The van der Waals surface area contributed by atoms with Crippen LogP contribution in [0, 0.1) is 0 Å². The molecule has 0 aliphatic heterocycles. The van der Waals surface area contributed by atoms with Crippen LogP contribution in [-0.2, 0) is 23.8 Å². The number of aryl methyl sites for hydroxylation is 1. The number of alkyl halides is 3. The Bertz CT molecular complexity index is 668. The lowest BCUT2D eigenvalue weighted by Gasteiger charge is -2.14. The van der Waals surface area contributed by atoms with Gasteiger partial charge in [-0.05, 0) is 37.0 Å². The number of carbonyl (C=O) groups is 1. The van der Waals surface area contributed by atoms with E-state index in [2.05, 4.69) is 5.32 Å². The number of carbonyl (C=O) groups excluding carboxylic acids is 1. The Kier molecular flexibility index (Phi) is 6.01. The van der Waals surface area contributed by atoms with Crippen molar-refractivity contribution in [2.75, 3.05) is 0 Å². The summed E-state index contributed by atoms with van der Waals surface area (Å²) in [6, 6.07) is 14.8. The minimum Gasteiger partial charge on any atom is -0.353 e. The third-order valence-corrected chi connectivity index (χ3v) is 3.74. The van der Waals surface area contributed by atoms with E-state index in [-0.39, 0.29) is 18.4 Å². The molecule has 0 aliphatic carbocycles. The molecule has 0 heterocycles. The lowest BCUT2D eigenvalue weighted by molar-refractivity contribution is -0.137. The van der Waals surface area contributed by atoms with Gasteiger partial charge < -0.3 is 5.32 Å². The zero-order valence-corrected chi connectivity index (χ0v) is 13.4. The number of benzene rings is 2. The summed E-state index contributed by atoms with van der Waals surface area (Å²) >= 11 is 0. The van der Waals surface area contributed by atoms with Crippen LogP contribution in [0.5, 0.6) is 0 Å². The van der Waals surface area contributed by atoms with Crippen LogP contribution in [0.25, 0.3) is 0 Å². The van der Waals surface area contributed by atoms with Gasteiger partial charge in [-0.15, -0.1) is 0 Å². The molecule has 0 fully saturated rings. The summed E-state index contributed by atoms with van der Waals surface area (Å²) < 4.78 is 38.0. The first kappa shape index (κ1) is 18.0. The van der Waals surface area contributed by atoms with E-state index >= 15 is 0 Å². The minimum absolute atomic E-state index is 0.0384. The highest BCUT2D eigenvalue weighted by atomic mass is 19.4. The third kappa shape index (κ3) is 5.72. The molecule has 0 spiro atoms. The fraction of sp³-hybridized carbons (Fsp3) is 0.316. The van der Waals surface area contributed by atoms with Gasteiger partial charge >= 0.3 is 6.18 Å². The van der Waals surface area contributed by atoms with E-state index in [4.69, 9.17) is 0 Å². The number of nitrogens with one attached hydrogen (secondary N) is 1. The summed E-state index contributed by atoms with van der Waals surface area (Å²) in [7, 11) is 0. The first-order valence-electron chi connectivity index (χ1n) is 7.84. The highest BCUT2D eigenvalue weighted by Crippen LogP contribution is 2.29. The molecule has 5 heteroatoms. The first-order chi connectivity index (χ1) is 11.3. The van der Waals surface area contributed by atoms with E-state index in [0.717, 1.165) is 25.0 Å². The van der Waals surface area contributed by atoms with Crippen molar-refractivity contribution in [3.05, 3.63) is 71.3 Å². The molecule has 0 radical (unpaired) electrons. The first-order valence-corrected chi connectivity index (χ1v) is 7.84. The second-order valence-electron chi connectivity index (χ2n) is 5.87. The molecule has 0 saturated heterocycles. The summed E-state index contributed by atoms with van der Waals surface area (Å²) in [6.45, 7) is 1.90. The van der Waals surface area contributed by atoms with Gasteiger partial charge in [-0.25, -0.2) is 0 Å². The Balaban J connectivity index is 1.84. The predicted octanol–water partition coefficient (Wildman–Crippen LogP) is 4.39. The van der Waals surface area contributed by atoms with E-state index in [1.165, 1.54) is 17.7 Å². The van der Waals surface area contributed by atoms with Crippen molar-refractivity contribution >= 4 is 5.91 Å². The standard InChI is InChI=1S/C19H20F3NO/c1-14(10-11-15-6-3-2-4-7-15)23-18(24)13-16-8-5-9-17(12-16)19(20,21)22/h2-9,12,14H,10-11,13H2,1H3,(H,23,24)/t14-/m1/s1. The fourth-order valence-corrected chi connectivity index (χ4v) is 2.47. The largest absolute Gasteiger partial charge is 0.416 e. The van der Waals surface area contributed by atoms with Gasteiger partial charge in [0.2, 0.25) is 5.91 Å². The molecule has 0 unspecified atom stereocenters. The number of amides is 1. The van der Waals surface area contributed by atoms with Gasteiger partial charge in [0.05, 0.1) is 12.0 Å². The van der Waals surface area contributed by atoms with Gasteiger partial charge in [0.25, 0.3) is 0 Å². The molecule has 2 nitrogen and oxygen atoms in total. The molecule has 24 heavy (non-hydrogen) atoms. The van der Waals surface area contributed by atoms with E-state index in [1.54, 1.807) is 0 Å². The number of hydrogen-bond donors (Lipinski definition) is 1. The zero-order chi connectivity index (χ0) is 17.6. The summed E-state index contributed by atoms with van der Waals surface area (Å²) in [5.74, 6) is -0.269. The zero-order valence-electron chi connectivity index (χ0n) is 13.4. The maximum absolute atomic E-state index is 12.7. The van der Waals surface area contributed by atoms with Crippen molar-refractivity contribution < 1.29 is 18.0 Å². The highest BCUT2D eigenvalue weighted by Gasteiger charge is 2.30. The van der Waals surface area contributed by atoms with Gasteiger partial charge in [-0.1, -0.05) is 48.5 Å². The quantitative estimate of drug-likeness (QED) is 0.834. The molecule has 2 rings (SSSR count). The van der Waals surface area contributed by atoms with Gasteiger partial charge in [0.1, 0.15) is 0 Å². The average molecular weight is 335 g/mol. The lowest BCUT2D eigenvalue weighted by Crippen LogP contribution is -2.34. The smallest absolute Gasteiger partial charge is 0.353 e. The second kappa shape index (κ2) is 7.99. The van der Waals surface area contributed by atoms with E-state index in [9.17, 15) is 18.0 Å². The molecule has 0 saturated carbocycles. The number of hydrogen-bond acceptors (Lipinski definition) is 1. The van der Waals surface area contributed by atoms with Gasteiger partial charge in [-0.3, -0.25) is 4.79 Å². The van der Waals surface area contributed by atoms with Crippen molar-refractivity contribution in [2.45, 2.75) is 38.4 Å². The maximum atomic E-state index is 12.7. The van der Waals surface area contributed by atoms with Crippen molar-refractivity contribution in [2.24, 2.45) is 0 Å². The Morgan fingerprint density at radius 2 is 1.71 bits per heavy atom. The van der Waals surface area contributed by atoms with Crippen molar-refractivity contribution in [1.82, 2.24) is 5.32 Å². The highest BCUT2D eigenvalue weighted by molar-refractivity contribution is 5.78. The summed E-state index contributed by atoms with van der Waals surface area (Å²) in [5, 5.41) is 2.84. The van der Waals surface area contributed by atoms with E-state index in [0.29, 0.717) is 5.56 Å². The summed E-state index contributed by atoms with van der Waals surface area (Å²) in [6.07, 6.45) is -2.83. The van der Waals surface area contributed by atoms with Crippen molar-refractivity contribution in [3.63, 3.8) is 0 Å². The molecular formula is C19H20F3NO. The molecule has 0 aliphatic rings. The van der Waals surface area contributed by atoms with Crippen LogP contribution >= 0.6 is 0 Å². The summed E-state index contributed by atoms with van der Waals surface area (Å²) in [5.41, 5.74) is 0.819. The Morgan fingerprint density at radius 1 is 1.04 bits per heavy atom. The monoisotopic (exact) mass is 335 g/mol. The SMILES string of the molecule is C[C@H](CCc1ccccc1)NC(=O)Cc1cccc(C(F)(F)F)c1. The minimum atomic E-state index is -4.39. The molecule has 1 atom stereocenters. The lowest BCUT2D eigenvalue weighted by atomic mass is 10.1. The van der Waals surface area contributed by atoms with E-state index < -0.39 is 11.7 Å². The number of halogens is 3. The van der Waals surface area contributed by atoms with E-state index in [1.807, 2.05) is 37.3 Å². The van der Waals surface area contributed by atoms with Crippen LogP contribution in [0.15, 0.2) is 54.6 Å². The molecule has 2 aromatic rings. The fourth-order valence-electron chi connectivity index (χ4n) is 2.47. The van der Waals surface area contributed by atoms with Crippen LogP contribution in [0.4, 0.5) is 13.2 Å². The Labute approximate surface area is 139 Å². The number of rotatable bonds is 6. The predicted molar refractivity (Wildman–Crippen MR) is 87.5 cm³/mol. The van der Waals surface area contributed by atoms with Crippen LogP contribution in [-0.4, -0.2) is 11.9 Å². The molecule has 2 aromatic carbocycles. The topological polar surface area (TPSA) is 29.1 Å². The van der Waals surface area contributed by atoms with Crippen LogP contribution in [0.2, 0.25) is 0 Å². The van der Waals surface area contributed by atoms with Gasteiger partial charge in [0.15, 0.2) is 0 Å². The Morgan fingerprint density at radius 3 is 2.38 bits per heavy atom. The third-order valence-electron chi connectivity index (χ3n) is 3.74.